The predicted molar refractivity (Wildman–Crippen MR) is 90.0 cm³/mol. The molecule has 2 heterocycles. The molecule has 1 N–H and O–H groups in total. The van der Waals surface area contributed by atoms with E-state index in [1.165, 1.54) is 12.8 Å². The molecule has 1 fully saturated rings. The molecule has 3 atom stereocenters. The summed E-state index contributed by atoms with van der Waals surface area (Å²) in [6.07, 6.45) is 7.72. The van der Waals surface area contributed by atoms with Crippen LogP contribution in [0.15, 0.2) is 29.0 Å². The Hall–Kier alpha value is -2.24. The van der Waals surface area contributed by atoms with Gasteiger partial charge in [0.25, 0.3) is 0 Å². The summed E-state index contributed by atoms with van der Waals surface area (Å²) >= 11 is 0. The first-order valence-corrected chi connectivity index (χ1v) is 8.66. The van der Waals surface area contributed by atoms with E-state index in [4.69, 9.17) is 4.52 Å². The van der Waals surface area contributed by atoms with Crippen molar-refractivity contribution in [3.63, 3.8) is 0 Å². The highest BCUT2D eigenvalue weighted by Gasteiger charge is 2.28. The van der Waals surface area contributed by atoms with Gasteiger partial charge in [-0.05, 0) is 30.4 Å². The van der Waals surface area contributed by atoms with Crippen molar-refractivity contribution in [2.75, 3.05) is 0 Å². The molecule has 0 aliphatic heterocycles. The van der Waals surface area contributed by atoms with E-state index in [1.807, 2.05) is 12.1 Å². The van der Waals surface area contributed by atoms with E-state index < -0.39 is 0 Å². The van der Waals surface area contributed by atoms with Crippen LogP contribution in [0.5, 0.6) is 0 Å². The number of carbonyl (C=O) groups is 1. The third kappa shape index (κ3) is 3.99. The average Bonchev–Trinajstić information content (AvgIpc) is 3.07. The lowest BCUT2D eigenvalue weighted by Gasteiger charge is -2.34. The summed E-state index contributed by atoms with van der Waals surface area (Å²) in [6, 6.07) is 3.99. The van der Waals surface area contributed by atoms with Gasteiger partial charge in [0.2, 0.25) is 17.6 Å². The number of amides is 1. The normalized spacial score (nSPS) is 23.8. The Morgan fingerprint density at radius 1 is 1.38 bits per heavy atom. The molecule has 3 rings (SSSR count). The van der Waals surface area contributed by atoms with Crippen LogP contribution in [0.1, 0.15) is 45.4 Å². The molecular weight excluding hydrogens is 304 g/mol. The van der Waals surface area contributed by atoms with Gasteiger partial charge in [0.1, 0.15) is 0 Å². The highest BCUT2D eigenvalue weighted by Crippen LogP contribution is 2.29. The smallest absolute Gasteiger partial charge is 0.227 e. The van der Waals surface area contributed by atoms with E-state index in [1.54, 1.807) is 12.4 Å². The van der Waals surface area contributed by atoms with Crippen molar-refractivity contribution in [2.45, 2.75) is 52.0 Å². The molecule has 24 heavy (non-hydrogen) atoms. The molecule has 0 radical (unpaired) electrons. The Balaban J connectivity index is 1.51. The fourth-order valence-electron chi connectivity index (χ4n) is 3.25. The van der Waals surface area contributed by atoms with Gasteiger partial charge in [-0.3, -0.25) is 9.78 Å². The van der Waals surface area contributed by atoms with Gasteiger partial charge in [0.05, 0.1) is 0 Å². The van der Waals surface area contributed by atoms with Gasteiger partial charge in [-0.1, -0.05) is 31.8 Å². The maximum atomic E-state index is 12.2. The van der Waals surface area contributed by atoms with E-state index in [0.29, 0.717) is 36.4 Å². The number of aromatic nitrogens is 3. The van der Waals surface area contributed by atoms with Gasteiger partial charge in [0.15, 0.2) is 0 Å². The molecule has 0 saturated heterocycles. The molecule has 1 saturated carbocycles. The second-order valence-corrected chi connectivity index (χ2v) is 6.69. The van der Waals surface area contributed by atoms with Crippen LogP contribution in [0, 0.1) is 11.8 Å². The third-order valence-electron chi connectivity index (χ3n) is 5.01. The number of nitrogens with one attached hydrogen (secondary N) is 1. The Bertz CT molecular complexity index is 671. The molecule has 2 aromatic heterocycles. The summed E-state index contributed by atoms with van der Waals surface area (Å²) in [5, 5.41) is 7.11. The average molecular weight is 328 g/mol. The van der Waals surface area contributed by atoms with Crippen molar-refractivity contribution in [2.24, 2.45) is 11.8 Å². The first kappa shape index (κ1) is 16.6. The number of aryl methyl sites for hydroxylation is 1. The topological polar surface area (TPSA) is 80.9 Å². The number of pyridine rings is 1. The van der Waals surface area contributed by atoms with E-state index in [2.05, 4.69) is 34.3 Å². The molecule has 1 aliphatic carbocycles. The van der Waals surface area contributed by atoms with Crippen LogP contribution in [0.2, 0.25) is 0 Å². The molecular formula is C18H24N4O2. The quantitative estimate of drug-likeness (QED) is 0.912. The molecule has 6 heteroatoms. The van der Waals surface area contributed by atoms with Crippen LogP contribution < -0.4 is 5.32 Å². The van der Waals surface area contributed by atoms with Crippen LogP contribution >= 0.6 is 0 Å². The molecule has 0 aromatic carbocycles. The van der Waals surface area contributed by atoms with E-state index in [0.717, 1.165) is 12.0 Å². The number of nitrogens with zero attached hydrogens (tertiary/aromatic N) is 3. The van der Waals surface area contributed by atoms with E-state index in [9.17, 15) is 4.79 Å². The molecule has 0 spiro atoms. The Morgan fingerprint density at radius 3 is 3.04 bits per heavy atom. The summed E-state index contributed by atoms with van der Waals surface area (Å²) < 4.78 is 5.23. The molecule has 1 aliphatic rings. The van der Waals surface area contributed by atoms with Crippen LogP contribution in [0.3, 0.4) is 0 Å². The molecule has 1 amide bonds. The predicted octanol–water partition coefficient (Wildman–Crippen LogP) is 3.01. The fourth-order valence-corrected chi connectivity index (χ4v) is 3.25. The summed E-state index contributed by atoms with van der Waals surface area (Å²) in [7, 11) is 0. The Morgan fingerprint density at radius 2 is 2.25 bits per heavy atom. The number of hydrogen-bond donors (Lipinski definition) is 1. The number of rotatable bonds is 5. The lowest BCUT2D eigenvalue weighted by Crippen LogP contribution is -2.43. The molecule has 128 valence electrons. The number of hydrogen-bond acceptors (Lipinski definition) is 5. The fraction of sp³-hybridized carbons (Fsp3) is 0.556. The molecule has 2 aromatic rings. The lowest BCUT2D eigenvalue weighted by molar-refractivity contribution is -0.122. The highest BCUT2D eigenvalue weighted by molar-refractivity contribution is 5.76. The molecule has 3 unspecified atom stereocenters. The minimum atomic E-state index is 0.0575. The Kier molecular flexibility index (Phi) is 5.23. The largest absolute Gasteiger partial charge is 0.353 e. The van der Waals surface area contributed by atoms with Gasteiger partial charge in [0, 0.05) is 36.8 Å². The van der Waals surface area contributed by atoms with E-state index in [-0.39, 0.29) is 11.9 Å². The highest BCUT2D eigenvalue weighted by atomic mass is 16.5. The SMILES string of the molecule is CC1CCCC(NC(=O)CCc2nc(-c3cccnc3)no2)C1C. The molecule has 0 bridgehead atoms. The van der Waals surface area contributed by atoms with Crippen LogP contribution in [-0.2, 0) is 11.2 Å². The third-order valence-corrected chi connectivity index (χ3v) is 5.01. The van der Waals surface area contributed by atoms with Gasteiger partial charge in [-0.25, -0.2) is 0 Å². The van der Waals surface area contributed by atoms with Crippen molar-refractivity contribution < 1.29 is 9.32 Å². The zero-order chi connectivity index (χ0) is 16.9. The first-order chi connectivity index (χ1) is 11.6. The van der Waals surface area contributed by atoms with Crippen molar-refractivity contribution in [3.8, 4) is 11.4 Å². The summed E-state index contributed by atoms with van der Waals surface area (Å²) in [5.41, 5.74) is 0.807. The van der Waals surface area contributed by atoms with Crippen molar-refractivity contribution >= 4 is 5.91 Å². The zero-order valence-electron chi connectivity index (χ0n) is 14.2. The summed E-state index contributed by atoms with van der Waals surface area (Å²) in [4.78, 5) is 20.6. The van der Waals surface area contributed by atoms with Gasteiger partial charge >= 0.3 is 0 Å². The standard InChI is InChI=1S/C18H24N4O2/c1-12-5-3-7-15(13(12)2)20-16(23)8-9-17-21-18(22-24-17)14-6-4-10-19-11-14/h4,6,10-13,15H,3,5,7-9H2,1-2H3,(H,20,23). The summed E-state index contributed by atoms with van der Waals surface area (Å²) in [6.45, 7) is 4.49. The minimum absolute atomic E-state index is 0.0575. The van der Waals surface area contributed by atoms with Crippen LogP contribution in [-0.4, -0.2) is 27.1 Å². The van der Waals surface area contributed by atoms with Crippen molar-refractivity contribution in [1.82, 2.24) is 20.4 Å². The van der Waals surface area contributed by atoms with Gasteiger partial charge in [-0.15, -0.1) is 0 Å². The van der Waals surface area contributed by atoms with Crippen LogP contribution in [0.25, 0.3) is 11.4 Å². The van der Waals surface area contributed by atoms with Crippen LogP contribution in [0.4, 0.5) is 0 Å². The lowest BCUT2D eigenvalue weighted by atomic mass is 9.78. The van der Waals surface area contributed by atoms with Crippen molar-refractivity contribution in [3.05, 3.63) is 30.4 Å². The monoisotopic (exact) mass is 328 g/mol. The second-order valence-electron chi connectivity index (χ2n) is 6.69. The zero-order valence-corrected chi connectivity index (χ0v) is 14.2. The number of carbonyl (C=O) groups excluding carboxylic acids is 1. The maximum absolute atomic E-state index is 12.2. The second kappa shape index (κ2) is 7.55. The van der Waals surface area contributed by atoms with Crippen molar-refractivity contribution in [1.29, 1.82) is 0 Å². The van der Waals surface area contributed by atoms with Gasteiger partial charge < -0.3 is 9.84 Å². The van der Waals surface area contributed by atoms with E-state index >= 15 is 0 Å². The first-order valence-electron chi connectivity index (χ1n) is 8.66. The Labute approximate surface area is 142 Å². The summed E-state index contributed by atoms with van der Waals surface area (Å²) in [5.74, 6) is 2.25. The van der Waals surface area contributed by atoms with Gasteiger partial charge in [-0.2, -0.15) is 4.98 Å². The molecule has 6 nitrogen and oxygen atoms in total. The maximum Gasteiger partial charge on any atom is 0.227 e. The minimum Gasteiger partial charge on any atom is -0.353 e.